The Morgan fingerprint density at radius 3 is 2.46 bits per heavy atom. The van der Waals surface area contributed by atoms with Gasteiger partial charge in [-0.2, -0.15) is 0 Å². The molecule has 3 aromatic rings. The van der Waals surface area contributed by atoms with E-state index in [2.05, 4.69) is 10.6 Å². The van der Waals surface area contributed by atoms with E-state index in [0.29, 0.717) is 56.0 Å². The molecule has 0 spiro atoms. The van der Waals surface area contributed by atoms with Crippen molar-refractivity contribution in [3.8, 4) is 22.6 Å². The van der Waals surface area contributed by atoms with E-state index in [-0.39, 0.29) is 6.61 Å². The number of ether oxygens (including phenoxy) is 3. The van der Waals surface area contributed by atoms with Crippen LogP contribution in [0.4, 0.5) is 4.79 Å². The van der Waals surface area contributed by atoms with Gasteiger partial charge in [-0.15, -0.1) is 0 Å². The predicted octanol–water partition coefficient (Wildman–Crippen LogP) is 3.98. The Labute approximate surface area is 201 Å². The maximum Gasteiger partial charge on any atom is 0.344 e. The van der Waals surface area contributed by atoms with Crippen molar-refractivity contribution in [3.05, 3.63) is 69.2 Å². The van der Waals surface area contributed by atoms with E-state index < -0.39 is 23.7 Å². The number of amides is 2. The van der Waals surface area contributed by atoms with Gasteiger partial charge in [-0.05, 0) is 67.8 Å². The topological polar surface area (TPSA) is 116 Å². The SMILES string of the molecule is CCOC(=O)C1=C(C)NC(=O)NC1c1cc(C)c2oc(=O)c(-c3ccc(OC)c(OC)c3)cc2c1. The van der Waals surface area contributed by atoms with Gasteiger partial charge in [0.05, 0.1) is 38.0 Å². The van der Waals surface area contributed by atoms with Gasteiger partial charge in [-0.1, -0.05) is 6.07 Å². The van der Waals surface area contributed by atoms with Crippen LogP contribution in [0.25, 0.3) is 22.1 Å². The lowest BCUT2D eigenvalue weighted by molar-refractivity contribution is -0.139. The first-order valence-corrected chi connectivity index (χ1v) is 11.0. The Bertz CT molecular complexity index is 1420. The van der Waals surface area contributed by atoms with E-state index in [1.807, 2.05) is 0 Å². The minimum atomic E-state index is -0.734. The average molecular weight is 479 g/mol. The quantitative estimate of drug-likeness (QED) is 0.407. The number of esters is 1. The van der Waals surface area contributed by atoms with Crippen molar-refractivity contribution < 1.29 is 28.2 Å². The summed E-state index contributed by atoms with van der Waals surface area (Å²) in [4.78, 5) is 37.8. The van der Waals surface area contributed by atoms with Crippen LogP contribution in [0.2, 0.25) is 0 Å². The van der Waals surface area contributed by atoms with Crippen LogP contribution < -0.4 is 25.7 Å². The number of urea groups is 1. The fourth-order valence-electron chi connectivity index (χ4n) is 4.23. The summed E-state index contributed by atoms with van der Waals surface area (Å²) < 4.78 is 21.5. The second kappa shape index (κ2) is 9.54. The van der Waals surface area contributed by atoms with Gasteiger partial charge in [0, 0.05) is 11.1 Å². The standard InChI is InChI=1S/C26H26N2O7/c1-6-34-25(30)21-14(3)27-26(31)28-22(21)16-9-13(2)23-17(10-16)11-18(24(29)35-23)15-7-8-19(32-4)20(12-15)33-5/h7-12,22H,6H2,1-5H3,(H2,27,28,31). The molecule has 0 saturated carbocycles. The summed E-state index contributed by atoms with van der Waals surface area (Å²) in [5.41, 5.74) is 2.91. The number of hydrogen-bond acceptors (Lipinski definition) is 7. The molecule has 2 aromatic carbocycles. The zero-order valence-electron chi connectivity index (χ0n) is 20.1. The van der Waals surface area contributed by atoms with Crippen molar-refractivity contribution in [2.24, 2.45) is 0 Å². The largest absolute Gasteiger partial charge is 0.493 e. The normalized spacial score (nSPS) is 15.5. The van der Waals surface area contributed by atoms with Gasteiger partial charge >= 0.3 is 17.6 Å². The van der Waals surface area contributed by atoms with Gasteiger partial charge in [0.2, 0.25) is 0 Å². The summed E-state index contributed by atoms with van der Waals surface area (Å²) in [5, 5.41) is 6.06. The monoisotopic (exact) mass is 478 g/mol. The van der Waals surface area contributed by atoms with Crippen molar-refractivity contribution in [3.63, 3.8) is 0 Å². The Kier molecular flexibility index (Phi) is 6.50. The van der Waals surface area contributed by atoms with E-state index in [0.717, 1.165) is 0 Å². The lowest BCUT2D eigenvalue weighted by atomic mass is 9.92. The van der Waals surface area contributed by atoms with Crippen molar-refractivity contribution in [2.45, 2.75) is 26.8 Å². The minimum Gasteiger partial charge on any atom is -0.493 e. The number of benzene rings is 2. The number of allylic oxidation sites excluding steroid dienone is 1. The zero-order valence-corrected chi connectivity index (χ0v) is 20.1. The smallest absolute Gasteiger partial charge is 0.344 e. The highest BCUT2D eigenvalue weighted by Gasteiger charge is 2.32. The van der Waals surface area contributed by atoms with E-state index >= 15 is 0 Å². The first-order chi connectivity index (χ1) is 16.8. The Hall–Kier alpha value is -4.27. The average Bonchev–Trinajstić information content (AvgIpc) is 2.83. The summed E-state index contributed by atoms with van der Waals surface area (Å²) in [6.07, 6.45) is 0. The van der Waals surface area contributed by atoms with Gasteiger partial charge < -0.3 is 29.3 Å². The third kappa shape index (κ3) is 4.44. The van der Waals surface area contributed by atoms with E-state index in [9.17, 15) is 14.4 Å². The number of rotatable bonds is 6. The number of carbonyl (C=O) groups is 2. The first kappa shape index (κ1) is 23.9. The zero-order chi connectivity index (χ0) is 25.3. The first-order valence-electron chi connectivity index (χ1n) is 11.0. The molecule has 182 valence electrons. The number of hydrogen-bond donors (Lipinski definition) is 2. The molecule has 1 aliphatic rings. The second-order valence-electron chi connectivity index (χ2n) is 8.06. The molecule has 0 radical (unpaired) electrons. The maximum absolute atomic E-state index is 12.9. The fraction of sp³-hybridized carbons (Fsp3) is 0.269. The summed E-state index contributed by atoms with van der Waals surface area (Å²) in [6, 6.07) is 9.29. The van der Waals surface area contributed by atoms with Crippen molar-refractivity contribution in [2.75, 3.05) is 20.8 Å². The highest BCUT2D eigenvalue weighted by Crippen LogP contribution is 2.34. The number of carbonyl (C=O) groups excluding carboxylic acids is 2. The number of nitrogens with one attached hydrogen (secondary N) is 2. The molecule has 0 fully saturated rings. The molecule has 1 atom stereocenters. The molecule has 2 heterocycles. The predicted molar refractivity (Wildman–Crippen MR) is 130 cm³/mol. The van der Waals surface area contributed by atoms with Crippen LogP contribution in [0, 0.1) is 6.92 Å². The number of methoxy groups -OCH3 is 2. The van der Waals surface area contributed by atoms with Crippen molar-refractivity contribution >= 4 is 23.0 Å². The molecular weight excluding hydrogens is 452 g/mol. The lowest BCUT2D eigenvalue weighted by Gasteiger charge is -2.28. The van der Waals surface area contributed by atoms with Crippen LogP contribution in [0.5, 0.6) is 11.5 Å². The molecular formula is C26H26N2O7. The van der Waals surface area contributed by atoms with Crippen molar-refractivity contribution in [1.29, 1.82) is 0 Å². The van der Waals surface area contributed by atoms with Crippen LogP contribution in [0.15, 0.2) is 56.9 Å². The molecule has 4 rings (SSSR count). The van der Waals surface area contributed by atoms with Gasteiger partial charge in [0.1, 0.15) is 5.58 Å². The molecule has 35 heavy (non-hydrogen) atoms. The molecule has 0 saturated heterocycles. The molecule has 9 nitrogen and oxygen atoms in total. The molecule has 2 N–H and O–H groups in total. The summed E-state index contributed by atoms with van der Waals surface area (Å²) in [5.74, 6) is 0.493. The van der Waals surface area contributed by atoms with Gasteiger partial charge in [0.25, 0.3) is 0 Å². The highest BCUT2D eigenvalue weighted by atomic mass is 16.5. The van der Waals surface area contributed by atoms with Crippen LogP contribution in [0.3, 0.4) is 0 Å². The van der Waals surface area contributed by atoms with Gasteiger partial charge in [-0.3, -0.25) is 0 Å². The van der Waals surface area contributed by atoms with Crippen LogP contribution in [0.1, 0.15) is 31.0 Å². The number of aryl methyl sites for hydroxylation is 1. The van der Waals surface area contributed by atoms with E-state index in [1.54, 1.807) is 57.2 Å². The summed E-state index contributed by atoms with van der Waals surface area (Å²) in [6.45, 7) is 5.37. The fourth-order valence-corrected chi connectivity index (χ4v) is 4.23. The second-order valence-corrected chi connectivity index (χ2v) is 8.06. The van der Waals surface area contributed by atoms with Gasteiger partial charge in [-0.25, -0.2) is 14.4 Å². The third-order valence-corrected chi connectivity index (χ3v) is 5.83. The molecule has 0 bridgehead atoms. The molecule has 0 aliphatic carbocycles. The summed E-state index contributed by atoms with van der Waals surface area (Å²) >= 11 is 0. The Balaban J connectivity index is 1.87. The van der Waals surface area contributed by atoms with Gasteiger partial charge in [0.15, 0.2) is 11.5 Å². The molecule has 1 aliphatic heterocycles. The van der Waals surface area contributed by atoms with E-state index in [1.165, 1.54) is 14.2 Å². The van der Waals surface area contributed by atoms with Crippen molar-refractivity contribution in [1.82, 2.24) is 10.6 Å². The maximum atomic E-state index is 12.9. The van der Waals surface area contributed by atoms with E-state index in [4.69, 9.17) is 18.6 Å². The Morgan fingerprint density at radius 1 is 1.03 bits per heavy atom. The summed E-state index contributed by atoms with van der Waals surface area (Å²) in [7, 11) is 3.05. The highest BCUT2D eigenvalue weighted by molar-refractivity contribution is 5.95. The lowest BCUT2D eigenvalue weighted by Crippen LogP contribution is -2.45. The van der Waals surface area contributed by atoms with Crippen LogP contribution in [-0.2, 0) is 9.53 Å². The van der Waals surface area contributed by atoms with Crippen LogP contribution in [-0.4, -0.2) is 32.8 Å². The molecule has 1 aromatic heterocycles. The minimum absolute atomic E-state index is 0.201. The number of fused-ring (bicyclic) bond motifs is 1. The molecule has 1 unspecified atom stereocenters. The third-order valence-electron chi connectivity index (χ3n) is 5.83. The molecule has 2 amide bonds. The Morgan fingerprint density at radius 2 is 1.77 bits per heavy atom. The van der Waals surface area contributed by atoms with Crippen LogP contribution >= 0.6 is 0 Å². The molecule has 9 heteroatoms.